The Morgan fingerprint density at radius 3 is 2.35 bits per heavy atom. The number of hydrogen-bond donors (Lipinski definition) is 0. The lowest BCUT2D eigenvalue weighted by Gasteiger charge is -2.37. The van der Waals surface area contributed by atoms with Crippen LogP contribution in [0, 0.1) is 11.3 Å². The summed E-state index contributed by atoms with van der Waals surface area (Å²) in [6, 6.07) is 12.4. The summed E-state index contributed by atoms with van der Waals surface area (Å²) in [6.07, 6.45) is 6.25. The Hall–Kier alpha value is -2.69. The molecule has 0 saturated carbocycles. The molecule has 31 heavy (non-hydrogen) atoms. The van der Waals surface area contributed by atoms with Gasteiger partial charge in [-0.25, -0.2) is 0 Å². The van der Waals surface area contributed by atoms with Gasteiger partial charge in [0.2, 0.25) is 11.8 Å². The third-order valence-corrected chi connectivity index (χ3v) is 5.91. The van der Waals surface area contributed by atoms with Gasteiger partial charge in [0, 0.05) is 44.0 Å². The number of hydrogen-bond acceptors (Lipinski definition) is 3. The maximum absolute atomic E-state index is 13.6. The van der Waals surface area contributed by atoms with Gasteiger partial charge in [0.25, 0.3) is 0 Å². The molecule has 1 atom stereocenters. The molecule has 0 bridgehead atoms. The molecule has 2 aromatic rings. The molecular weight excluding hydrogens is 386 g/mol. The topological polar surface area (TPSA) is 53.5 Å². The molecule has 0 aliphatic carbocycles. The van der Waals surface area contributed by atoms with Gasteiger partial charge < -0.3 is 9.80 Å². The number of likely N-dealkylation sites (tertiary alicyclic amines) is 1. The maximum atomic E-state index is 13.6. The summed E-state index contributed by atoms with van der Waals surface area (Å²) >= 11 is 0. The number of aromatic nitrogens is 1. The molecular formula is C26H35N3O2. The van der Waals surface area contributed by atoms with E-state index in [-0.39, 0.29) is 17.7 Å². The van der Waals surface area contributed by atoms with Crippen LogP contribution in [0.15, 0.2) is 48.8 Å². The number of rotatable bonds is 6. The van der Waals surface area contributed by atoms with Gasteiger partial charge >= 0.3 is 0 Å². The van der Waals surface area contributed by atoms with E-state index in [1.54, 1.807) is 6.20 Å². The van der Waals surface area contributed by atoms with E-state index in [2.05, 4.69) is 36.2 Å². The van der Waals surface area contributed by atoms with Crippen molar-refractivity contribution >= 4 is 11.8 Å². The highest BCUT2D eigenvalue weighted by molar-refractivity contribution is 5.84. The molecule has 0 spiro atoms. The largest absolute Gasteiger partial charge is 0.341 e. The van der Waals surface area contributed by atoms with Gasteiger partial charge in [-0.05, 0) is 42.0 Å². The number of pyridine rings is 1. The average Bonchev–Trinajstić information content (AvgIpc) is 2.78. The van der Waals surface area contributed by atoms with Crippen molar-refractivity contribution in [2.75, 3.05) is 13.1 Å². The minimum Gasteiger partial charge on any atom is -0.341 e. The average molecular weight is 422 g/mol. The van der Waals surface area contributed by atoms with Gasteiger partial charge in [-0.2, -0.15) is 0 Å². The molecule has 1 aliphatic heterocycles. The number of nitrogens with zero attached hydrogens (tertiary/aromatic N) is 3. The van der Waals surface area contributed by atoms with Crippen molar-refractivity contribution in [3.05, 3.63) is 65.5 Å². The van der Waals surface area contributed by atoms with E-state index in [0.29, 0.717) is 19.6 Å². The summed E-state index contributed by atoms with van der Waals surface area (Å²) in [5.74, 6) is 0.0837. The zero-order valence-corrected chi connectivity index (χ0v) is 19.3. The van der Waals surface area contributed by atoms with Crippen LogP contribution in [0.5, 0.6) is 0 Å². The van der Waals surface area contributed by atoms with Crippen molar-refractivity contribution in [2.24, 2.45) is 11.3 Å². The van der Waals surface area contributed by atoms with Crippen LogP contribution in [-0.4, -0.2) is 39.7 Å². The van der Waals surface area contributed by atoms with Crippen molar-refractivity contribution < 1.29 is 9.59 Å². The van der Waals surface area contributed by atoms with Crippen LogP contribution in [0.2, 0.25) is 0 Å². The number of aryl methyl sites for hydroxylation is 1. The van der Waals surface area contributed by atoms with Gasteiger partial charge in [0.1, 0.15) is 0 Å². The van der Waals surface area contributed by atoms with Crippen LogP contribution in [0.25, 0.3) is 0 Å². The second-order valence-corrected chi connectivity index (χ2v) is 9.57. The summed E-state index contributed by atoms with van der Waals surface area (Å²) in [5, 5.41) is 0. The van der Waals surface area contributed by atoms with E-state index >= 15 is 0 Å². The molecule has 0 radical (unpaired) electrons. The Balaban J connectivity index is 1.78. The Morgan fingerprint density at radius 2 is 1.74 bits per heavy atom. The highest BCUT2D eigenvalue weighted by atomic mass is 16.2. The summed E-state index contributed by atoms with van der Waals surface area (Å²) in [6.45, 7) is 10.3. The highest BCUT2D eigenvalue weighted by Gasteiger charge is 2.35. The van der Waals surface area contributed by atoms with Gasteiger partial charge in [-0.1, -0.05) is 58.0 Å². The number of carbonyl (C=O) groups is 2. The Labute approximate surface area is 186 Å². The monoisotopic (exact) mass is 421 g/mol. The first-order valence-corrected chi connectivity index (χ1v) is 11.3. The molecule has 5 nitrogen and oxygen atoms in total. The number of amides is 2. The van der Waals surface area contributed by atoms with Crippen LogP contribution in [0.1, 0.15) is 57.2 Å². The lowest BCUT2D eigenvalue weighted by atomic mass is 9.90. The summed E-state index contributed by atoms with van der Waals surface area (Å²) in [5.41, 5.74) is 2.99. The van der Waals surface area contributed by atoms with E-state index in [0.717, 1.165) is 36.9 Å². The lowest BCUT2D eigenvalue weighted by molar-refractivity contribution is -0.145. The third kappa shape index (κ3) is 6.16. The van der Waals surface area contributed by atoms with E-state index in [1.165, 1.54) is 5.56 Å². The molecule has 166 valence electrons. The van der Waals surface area contributed by atoms with Crippen LogP contribution in [0.3, 0.4) is 0 Å². The SMILES string of the molecule is CCc1ccc(CN(Cc2cccnc2)C(=O)C2CCCN(C(=O)C(C)(C)C)C2)cc1. The van der Waals surface area contributed by atoms with Crippen molar-refractivity contribution in [1.82, 2.24) is 14.8 Å². The Kier molecular flexibility index (Phi) is 7.47. The highest BCUT2D eigenvalue weighted by Crippen LogP contribution is 2.26. The third-order valence-electron chi connectivity index (χ3n) is 5.91. The van der Waals surface area contributed by atoms with E-state index < -0.39 is 5.41 Å². The lowest BCUT2D eigenvalue weighted by Crippen LogP contribution is -2.49. The molecule has 0 N–H and O–H groups in total. The van der Waals surface area contributed by atoms with Gasteiger partial charge in [0.15, 0.2) is 0 Å². The van der Waals surface area contributed by atoms with Crippen LogP contribution in [0.4, 0.5) is 0 Å². The normalized spacial score (nSPS) is 16.8. The first-order valence-electron chi connectivity index (χ1n) is 11.3. The van der Waals surface area contributed by atoms with Gasteiger partial charge in [0.05, 0.1) is 5.92 Å². The van der Waals surface area contributed by atoms with Crippen molar-refractivity contribution in [3.63, 3.8) is 0 Å². The minimum atomic E-state index is -0.429. The second kappa shape index (κ2) is 10.1. The van der Waals surface area contributed by atoms with Crippen LogP contribution in [-0.2, 0) is 29.1 Å². The summed E-state index contributed by atoms with van der Waals surface area (Å²) in [4.78, 5) is 34.4. The minimum absolute atomic E-state index is 0.120. The molecule has 2 heterocycles. The number of benzene rings is 1. The van der Waals surface area contributed by atoms with Gasteiger partial charge in [-0.3, -0.25) is 14.6 Å². The molecule has 1 aromatic heterocycles. The fraction of sp³-hybridized carbons (Fsp3) is 0.500. The summed E-state index contributed by atoms with van der Waals surface area (Å²) < 4.78 is 0. The molecule has 1 aliphatic rings. The number of piperidine rings is 1. The van der Waals surface area contributed by atoms with Gasteiger partial charge in [-0.15, -0.1) is 0 Å². The van der Waals surface area contributed by atoms with E-state index in [4.69, 9.17) is 0 Å². The van der Waals surface area contributed by atoms with Crippen LogP contribution >= 0.6 is 0 Å². The quantitative estimate of drug-likeness (QED) is 0.692. The standard InChI is InChI=1S/C26H35N3O2/c1-5-20-10-12-21(13-11-20)17-29(18-22-8-6-14-27-16-22)24(30)23-9-7-15-28(19-23)25(31)26(2,3)4/h6,8,10-14,16,23H,5,7,9,15,17-19H2,1-4H3. The van der Waals surface area contributed by atoms with E-state index in [9.17, 15) is 9.59 Å². The predicted molar refractivity (Wildman–Crippen MR) is 123 cm³/mol. The molecule has 1 unspecified atom stereocenters. The predicted octanol–water partition coefficient (Wildman–Crippen LogP) is 4.46. The smallest absolute Gasteiger partial charge is 0.228 e. The molecule has 3 rings (SSSR count). The fourth-order valence-corrected chi connectivity index (χ4v) is 4.12. The van der Waals surface area contributed by atoms with Crippen molar-refractivity contribution in [1.29, 1.82) is 0 Å². The Morgan fingerprint density at radius 1 is 1.06 bits per heavy atom. The first-order chi connectivity index (χ1) is 14.8. The maximum Gasteiger partial charge on any atom is 0.228 e. The fourth-order valence-electron chi connectivity index (χ4n) is 4.12. The zero-order valence-electron chi connectivity index (χ0n) is 19.3. The zero-order chi connectivity index (χ0) is 22.4. The summed E-state index contributed by atoms with van der Waals surface area (Å²) in [7, 11) is 0. The molecule has 1 saturated heterocycles. The van der Waals surface area contributed by atoms with E-state index in [1.807, 2.05) is 48.9 Å². The Bertz CT molecular complexity index is 872. The number of carbonyl (C=O) groups excluding carboxylic acids is 2. The molecule has 5 heteroatoms. The van der Waals surface area contributed by atoms with Crippen molar-refractivity contribution in [2.45, 2.75) is 60.0 Å². The van der Waals surface area contributed by atoms with Crippen LogP contribution < -0.4 is 0 Å². The second-order valence-electron chi connectivity index (χ2n) is 9.57. The molecule has 1 aromatic carbocycles. The van der Waals surface area contributed by atoms with Crippen molar-refractivity contribution in [3.8, 4) is 0 Å². The molecule has 1 fully saturated rings. The first kappa shape index (κ1) is 23.0. The molecule has 2 amide bonds.